The van der Waals surface area contributed by atoms with Crippen molar-refractivity contribution in [2.75, 3.05) is 12.4 Å². The number of anilines is 1. The molecule has 0 spiro atoms. The zero-order valence-corrected chi connectivity index (χ0v) is 12.9. The Hall–Kier alpha value is -2.63. The van der Waals surface area contributed by atoms with Crippen LogP contribution in [-0.4, -0.2) is 24.1 Å². The maximum Gasteiger partial charge on any atom is 0.337 e. The van der Waals surface area contributed by atoms with Gasteiger partial charge in [0.15, 0.2) is 5.69 Å². The number of aryl methyl sites for hydroxylation is 1. The lowest BCUT2D eigenvalue weighted by Gasteiger charge is -2.05. The number of fused-ring (bicyclic) bond motifs is 1. The van der Waals surface area contributed by atoms with Crippen molar-refractivity contribution in [3.8, 4) is 0 Å². The van der Waals surface area contributed by atoms with Crippen molar-refractivity contribution in [3.63, 3.8) is 0 Å². The molecule has 6 nitrogen and oxygen atoms in total. The standard InChI is InChI=1S/C17H18N2O4/c1-22-17(21)11-7-9-12(10-8-11)18-16(20)15-13-5-3-2-4-6-14(13)23-19-15/h7-10H,2-6H2,1H3,(H,18,20). The summed E-state index contributed by atoms with van der Waals surface area (Å²) >= 11 is 0. The number of esters is 1. The molecule has 1 aliphatic rings. The summed E-state index contributed by atoms with van der Waals surface area (Å²) in [7, 11) is 1.33. The first-order chi connectivity index (χ1) is 11.2. The van der Waals surface area contributed by atoms with Crippen LogP contribution >= 0.6 is 0 Å². The van der Waals surface area contributed by atoms with Crippen LogP contribution in [0.5, 0.6) is 0 Å². The van der Waals surface area contributed by atoms with Gasteiger partial charge >= 0.3 is 5.97 Å². The summed E-state index contributed by atoms with van der Waals surface area (Å²) in [6.45, 7) is 0. The van der Waals surface area contributed by atoms with Crippen LogP contribution in [0.25, 0.3) is 0 Å². The molecule has 3 rings (SSSR count). The lowest BCUT2D eigenvalue weighted by molar-refractivity contribution is 0.0600. The summed E-state index contributed by atoms with van der Waals surface area (Å²) in [5.74, 6) is 0.126. The van der Waals surface area contributed by atoms with Gasteiger partial charge in [-0.3, -0.25) is 4.79 Å². The van der Waals surface area contributed by atoms with E-state index in [1.54, 1.807) is 24.3 Å². The Labute approximate surface area is 133 Å². The van der Waals surface area contributed by atoms with Crippen LogP contribution in [0.15, 0.2) is 28.8 Å². The van der Waals surface area contributed by atoms with Gasteiger partial charge in [-0.1, -0.05) is 11.6 Å². The van der Waals surface area contributed by atoms with Crippen LogP contribution in [0.1, 0.15) is 51.4 Å². The van der Waals surface area contributed by atoms with E-state index in [0.717, 1.165) is 43.4 Å². The Bertz CT molecular complexity index is 719. The number of nitrogens with one attached hydrogen (secondary N) is 1. The van der Waals surface area contributed by atoms with Crippen LogP contribution in [0.4, 0.5) is 5.69 Å². The van der Waals surface area contributed by atoms with Crippen molar-refractivity contribution in [1.82, 2.24) is 5.16 Å². The first-order valence-electron chi connectivity index (χ1n) is 7.66. The second kappa shape index (κ2) is 6.64. The second-order valence-electron chi connectivity index (χ2n) is 5.52. The molecule has 0 aliphatic heterocycles. The number of methoxy groups -OCH3 is 1. The molecular formula is C17H18N2O4. The SMILES string of the molecule is COC(=O)c1ccc(NC(=O)c2noc3c2CCCCC3)cc1. The first-order valence-corrected chi connectivity index (χ1v) is 7.66. The highest BCUT2D eigenvalue weighted by Gasteiger charge is 2.23. The van der Waals surface area contributed by atoms with Gasteiger partial charge in [0.1, 0.15) is 5.76 Å². The summed E-state index contributed by atoms with van der Waals surface area (Å²) in [4.78, 5) is 23.8. The quantitative estimate of drug-likeness (QED) is 0.696. The molecule has 1 aromatic carbocycles. The van der Waals surface area contributed by atoms with Gasteiger partial charge in [0.25, 0.3) is 5.91 Å². The maximum atomic E-state index is 12.4. The predicted molar refractivity (Wildman–Crippen MR) is 83.5 cm³/mol. The molecule has 120 valence electrons. The highest BCUT2D eigenvalue weighted by Crippen LogP contribution is 2.24. The number of benzene rings is 1. The molecule has 1 heterocycles. The Morgan fingerprint density at radius 1 is 1.13 bits per heavy atom. The molecule has 0 bridgehead atoms. The van der Waals surface area contributed by atoms with Gasteiger partial charge in [0.2, 0.25) is 0 Å². The van der Waals surface area contributed by atoms with E-state index >= 15 is 0 Å². The molecule has 0 unspecified atom stereocenters. The fraction of sp³-hybridized carbons (Fsp3) is 0.353. The van der Waals surface area contributed by atoms with Crippen molar-refractivity contribution in [1.29, 1.82) is 0 Å². The van der Waals surface area contributed by atoms with Gasteiger partial charge in [0, 0.05) is 17.7 Å². The summed E-state index contributed by atoms with van der Waals surface area (Å²) in [5, 5.41) is 6.72. The number of hydrogen-bond acceptors (Lipinski definition) is 5. The number of ether oxygens (including phenoxy) is 1. The Kier molecular flexibility index (Phi) is 4.41. The largest absolute Gasteiger partial charge is 0.465 e. The minimum atomic E-state index is -0.412. The number of rotatable bonds is 3. The Morgan fingerprint density at radius 2 is 1.87 bits per heavy atom. The average molecular weight is 314 g/mol. The predicted octanol–water partition coefficient (Wildman–Crippen LogP) is 2.98. The molecular weight excluding hydrogens is 296 g/mol. The number of aromatic nitrogens is 1. The smallest absolute Gasteiger partial charge is 0.337 e. The van der Waals surface area contributed by atoms with E-state index in [0.29, 0.717) is 16.9 Å². The van der Waals surface area contributed by atoms with Crippen LogP contribution in [-0.2, 0) is 17.6 Å². The van der Waals surface area contributed by atoms with Crippen molar-refractivity contribution >= 4 is 17.6 Å². The normalized spacial score (nSPS) is 13.8. The molecule has 6 heteroatoms. The number of carbonyl (C=O) groups excluding carboxylic acids is 2. The van der Waals surface area contributed by atoms with Crippen LogP contribution < -0.4 is 5.32 Å². The second-order valence-corrected chi connectivity index (χ2v) is 5.52. The minimum Gasteiger partial charge on any atom is -0.465 e. The average Bonchev–Trinajstić information content (AvgIpc) is 2.84. The third-order valence-electron chi connectivity index (χ3n) is 3.98. The van der Waals surface area contributed by atoms with Gasteiger partial charge in [0.05, 0.1) is 12.7 Å². The number of hydrogen-bond donors (Lipinski definition) is 1. The Balaban J connectivity index is 1.74. The molecule has 1 aromatic heterocycles. The molecule has 0 saturated carbocycles. The van der Waals surface area contributed by atoms with E-state index in [9.17, 15) is 9.59 Å². The fourth-order valence-corrected chi connectivity index (χ4v) is 2.74. The lowest BCUT2D eigenvalue weighted by atomic mass is 10.1. The maximum absolute atomic E-state index is 12.4. The monoisotopic (exact) mass is 314 g/mol. The topological polar surface area (TPSA) is 81.4 Å². The van der Waals surface area contributed by atoms with Crippen molar-refractivity contribution < 1.29 is 18.8 Å². The van der Waals surface area contributed by atoms with Crippen LogP contribution in [0.3, 0.4) is 0 Å². The number of amides is 1. The lowest BCUT2D eigenvalue weighted by Crippen LogP contribution is -2.14. The zero-order chi connectivity index (χ0) is 16.2. The molecule has 23 heavy (non-hydrogen) atoms. The van der Waals surface area contributed by atoms with Gasteiger partial charge in [-0.25, -0.2) is 4.79 Å². The van der Waals surface area contributed by atoms with Crippen LogP contribution in [0, 0.1) is 0 Å². The Morgan fingerprint density at radius 3 is 2.61 bits per heavy atom. The van der Waals surface area contributed by atoms with Crippen molar-refractivity contribution in [2.24, 2.45) is 0 Å². The molecule has 1 N–H and O–H groups in total. The molecule has 2 aromatic rings. The van der Waals surface area contributed by atoms with Gasteiger partial charge in [-0.15, -0.1) is 0 Å². The van der Waals surface area contributed by atoms with E-state index in [1.165, 1.54) is 7.11 Å². The van der Waals surface area contributed by atoms with Crippen molar-refractivity contribution in [2.45, 2.75) is 32.1 Å². The number of carbonyl (C=O) groups is 2. The van der Waals surface area contributed by atoms with Crippen molar-refractivity contribution in [3.05, 3.63) is 46.8 Å². The third kappa shape index (κ3) is 3.26. The van der Waals surface area contributed by atoms with Gasteiger partial charge in [-0.2, -0.15) is 0 Å². The zero-order valence-electron chi connectivity index (χ0n) is 12.9. The highest BCUT2D eigenvalue weighted by molar-refractivity contribution is 6.04. The molecule has 0 fully saturated rings. The molecule has 0 atom stereocenters. The summed E-state index contributed by atoms with van der Waals surface area (Å²) in [6.07, 6.45) is 4.91. The van der Waals surface area contributed by atoms with Crippen LogP contribution in [0.2, 0.25) is 0 Å². The minimum absolute atomic E-state index is 0.289. The molecule has 1 amide bonds. The molecule has 1 aliphatic carbocycles. The fourth-order valence-electron chi connectivity index (χ4n) is 2.74. The molecule has 0 radical (unpaired) electrons. The number of nitrogens with zero attached hydrogens (tertiary/aromatic N) is 1. The first kappa shape index (κ1) is 15.3. The van der Waals surface area contributed by atoms with E-state index in [1.807, 2.05) is 0 Å². The summed E-state index contributed by atoms with van der Waals surface area (Å²) in [5.41, 5.74) is 2.30. The van der Waals surface area contributed by atoms with E-state index in [-0.39, 0.29) is 5.91 Å². The highest BCUT2D eigenvalue weighted by atomic mass is 16.5. The summed E-state index contributed by atoms with van der Waals surface area (Å²) in [6, 6.07) is 6.52. The summed E-state index contributed by atoms with van der Waals surface area (Å²) < 4.78 is 9.96. The van der Waals surface area contributed by atoms with E-state index in [4.69, 9.17) is 4.52 Å². The van der Waals surface area contributed by atoms with E-state index in [2.05, 4.69) is 15.2 Å². The van der Waals surface area contributed by atoms with Gasteiger partial charge < -0.3 is 14.6 Å². The van der Waals surface area contributed by atoms with Gasteiger partial charge in [-0.05, 0) is 43.5 Å². The molecule has 0 saturated heterocycles. The third-order valence-corrected chi connectivity index (χ3v) is 3.98. The van der Waals surface area contributed by atoms with E-state index < -0.39 is 5.97 Å².